The van der Waals surface area contributed by atoms with Crippen molar-refractivity contribution in [1.82, 2.24) is 0 Å². The van der Waals surface area contributed by atoms with E-state index in [4.69, 9.17) is 9.47 Å². The van der Waals surface area contributed by atoms with Crippen molar-refractivity contribution >= 4 is 6.16 Å². The van der Waals surface area contributed by atoms with Crippen LogP contribution in [0.25, 0.3) is 0 Å². The van der Waals surface area contributed by atoms with Gasteiger partial charge in [0.15, 0.2) is 0 Å². The van der Waals surface area contributed by atoms with Crippen molar-refractivity contribution in [1.29, 1.82) is 0 Å². The molecular formula is C13H22O3. The minimum absolute atomic E-state index is 0.408. The number of cyclic esters (lactones) is 2. The van der Waals surface area contributed by atoms with E-state index in [9.17, 15) is 4.79 Å². The van der Waals surface area contributed by atoms with Gasteiger partial charge in [-0.25, -0.2) is 4.79 Å². The van der Waals surface area contributed by atoms with Crippen LogP contribution < -0.4 is 0 Å². The van der Waals surface area contributed by atoms with Gasteiger partial charge in [0.25, 0.3) is 0 Å². The van der Waals surface area contributed by atoms with E-state index in [1.165, 1.54) is 32.1 Å². The second kappa shape index (κ2) is 8.20. The summed E-state index contributed by atoms with van der Waals surface area (Å²) in [5.74, 6) is 0.408. The van der Waals surface area contributed by atoms with Crippen molar-refractivity contribution in [3.8, 4) is 0 Å². The van der Waals surface area contributed by atoms with E-state index in [-0.39, 0.29) is 0 Å². The zero-order valence-electron chi connectivity index (χ0n) is 9.95. The Labute approximate surface area is 97.8 Å². The first kappa shape index (κ1) is 13.1. The van der Waals surface area contributed by atoms with E-state index in [1.807, 2.05) is 6.08 Å². The summed E-state index contributed by atoms with van der Waals surface area (Å²) in [6.07, 6.45) is 10.0. The van der Waals surface area contributed by atoms with Crippen molar-refractivity contribution in [2.45, 2.75) is 44.9 Å². The fraction of sp³-hybridized carbons (Fsp3) is 0.769. The van der Waals surface area contributed by atoms with Gasteiger partial charge in [-0.3, -0.25) is 0 Å². The molecule has 0 radical (unpaired) electrons. The highest BCUT2D eigenvalue weighted by atomic mass is 16.7. The summed E-state index contributed by atoms with van der Waals surface area (Å²) in [6, 6.07) is 0. The van der Waals surface area contributed by atoms with Gasteiger partial charge in [-0.2, -0.15) is 0 Å². The third-order valence-corrected chi connectivity index (χ3v) is 2.89. The molecule has 0 atom stereocenters. The molecule has 3 heteroatoms. The molecule has 1 aliphatic rings. The molecule has 0 aromatic carbocycles. The number of ether oxygens (including phenoxy) is 2. The predicted molar refractivity (Wildman–Crippen MR) is 63.3 cm³/mol. The summed E-state index contributed by atoms with van der Waals surface area (Å²) in [7, 11) is 0. The van der Waals surface area contributed by atoms with Gasteiger partial charge in [-0.05, 0) is 19.3 Å². The minimum Gasteiger partial charge on any atom is -0.434 e. The van der Waals surface area contributed by atoms with Crippen LogP contribution in [0.15, 0.2) is 12.7 Å². The van der Waals surface area contributed by atoms with E-state index >= 15 is 0 Å². The maximum absolute atomic E-state index is 10.6. The second-order valence-electron chi connectivity index (χ2n) is 4.37. The molecule has 16 heavy (non-hydrogen) atoms. The first-order valence-electron chi connectivity index (χ1n) is 6.23. The van der Waals surface area contributed by atoms with E-state index in [0.717, 1.165) is 12.8 Å². The van der Waals surface area contributed by atoms with E-state index in [0.29, 0.717) is 19.1 Å². The Kier molecular flexibility index (Phi) is 6.70. The number of allylic oxidation sites excluding steroid dienone is 1. The highest BCUT2D eigenvalue weighted by Crippen LogP contribution is 2.16. The summed E-state index contributed by atoms with van der Waals surface area (Å²) in [6.45, 7) is 4.78. The van der Waals surface area contributed by atoms with Gasteiger partial charge in [-0.15, -0.1) is 6.58 Å². The average Bonchev–Trinajstić information content (AvgIpc) is 2.30. The summed E-state index contributed by atoms with van der Waals surface area (Å²) in [5.41, 5.74) is 0. The first-order chi connectivity index (χ1) is 7.83. The Hall–Kier alpha value is -0.990. The van der Waals surface area contributed by atoms with Crippen LogP contribution in [0.4, 0.5) is 4.79 Å². The molecule has 3 nitrogen and oxygen atoms in total. The van der Waals surface area contributed by atoms with Gasteiger partial charge in [0.1, 0.15) is 13.2 Å². The molecule has 0 unspecified atom stereocenters. The summed E-state index contributed by atoms with van der Waals surface area (Å²) in [5, 5.41) is 0. The van der Waals surface area contributed by atoms with E-state index in [1.54, 1.807) is 0 Å². The van der Waals surface area contributed by atoms with Crippen LogP contribution >= 0.6 is 0 Å². The molecule has 0 saturated carbocycles. The van der Waals surface area contributed by atoms with Gasteiger partial charge >= 0.3 is 6.16 Å². The van der Waals surface area contributed by atoms with Crippen molar-refractivity contribution in [2.24, 2.45) is 5.92 Å². The molecule has 0 N–H and O–H groups in total. The summed E-state index contributed by atoms with van der Waals surface area (Å²) >= 11 is 0. The van der Waals surface area contributed by atoms with Crippen LogP contribution in [0.5, 0.6) is 0 Å². The SMILES string of the molecule is C=CCCCCCCCC1COC(=O)OC1. The molecule has 0 spiro atoms. The first-order valence-corrected chi connectivity index (χ1v) is 6.23. The number of unbranched alkanes of at least 4 members (excludes halogenated alkanes) is 5. The van der Waals surface area contributed by atoms with Gasteiger partial charge < -0.3 is 9.47 Å². The third-order valence-electron chi connectivity index (χ3n) is 2.89. The molecule has 0 amide bonds. The zero-order valence-corrected chi connectivity index (χ0v) is 9.95. The minimum atomic E-state index is -0.513. The fourth-order valence-electron chi connectivity index (χ4n) is 1.88. The Morgan fingerprint density at radius 2 is 1.75 bits per heavy atom. The fourth-order valence-corrected chi connectivity index (χ4v) is 1.88. The van der Waals surface area contributed by atoms with E-state index < -0.39 is 6.16 Å². The molecule has 0 aromatic rings. The normalized spacial score (nSPS) is 16.6. The summed E-state index contributed by atoms with van der Waals surface area (Å²) in [4.78, 5) is 10.6. The standard InChI is InChI=1S/C13H22O3/c1-2-3-4-5-6-7-8-9-12-10-15-13(14)16-11-12/h2,12H,1,3-11H2. The summed E-state index contributed by atoms with van der Waals surface area (Å²) < 4.78 is 9.66. The lowest BCUT2D eigenvalue weighted by Gasteiger charge is -2.21. The molecule has 0 aromatic heterocycles. The molecular weight excluding hydrogens is 204 g/mol. The Balaban J connectivity index is 1.87. The third kappa shape index (κ3) is 5.79. The average molecular weight is 226 g/mol. The topological polar surface area (TPSA) is 35.5 Å². The number of rotatable bonds is 8. The Morgan fingerprint density at radius 1 is 1.12 bits per heavy atom. The second-order valence-corrected chi connectivity index (χ2v) is 4.37. The number of hydrogen-bond acceptors (Lipinski definition) is 3. The largest absolute Gasteiger partial charge is 0.508 e. The highest BCUT2D eigenvalue weighted by molar-refractivity contribution is 5.60. The lowest BCUT2D eigenvalue weighted by Crippen LogP contribution is -2.27. The van der Waals surface area contributed by atoms with Crippen LogP contribution in [0.3, 0.4) is 0 Å². The highest BCUT2D eigenvalue weighted by Gasteiger charge is 2.20. The lowest BCUT2D eigenvalue weighted by molar-refractivity contribution is -0.0145. The van der Waals surface area contributed by atoms with Crippen LogP contribution in [-0.2, 0) is 9.47 Å². The van der Waals surface area contributed by atoms with Crippen molar-refractivity contribution in [3.63, 3.8) is 0 Å². The molecule has 1 aliphatic heterocycles. The monoisotopic (exact) mass is 226 g/mol. The maximum atomic E-state index is 10.6. The van der Waals surface area contributed by atoms with Gasteiger partial charge in [0, 0.05) is 5.92 Å². The molecule has 1 saturated heterocycles. The van der Waals surface area contributed by atoms with Crippen molar-refractivity contribution < 1.29 is 14.3 Å². The van der Waals surface area contributed by atoms with Gasteiger partial charge in [0.2, 0.25) is 0 Å². The number of carbonyl (C=O) groups is 1. The molecule has 0 aliphatic carbocycles. The Bertz CT molecular complexity index is 203. The lowest BCUT2D eigenvalue weighted by atomic mass is 10.0. The molecule has 1 rings (SSSR count). The molecule has 1 heterocycles. The van der Waals surface area contributed by atoms with Crippen LogP contribution in [0.1, 0.15) is 44.9 Å². The van der Waals surface area contributed by atoms with Gasteiger partial charge in [-0.1, -0.05) is 31.8 Å². The Morgan fingerprint density at radius 3 is 2.44 bits per heavy atom. The zero-order chi connectivity index (χ0) is 11.6. The number of hydrogen-bond donors (Lipinski definition) is 0. The molecule has 0 bridgehead atoms. The number of carbonyl (C=O) groups excluding carboxylic acids is 1. The predicted octanol–water partition coefficient (Wildman–Crippen LogP) is 3.69. The van der Waals surface area contributed by atoms with E-state index in [2.05, 4.69) is 6.58 Å². The van der Waals surface area contributed by atoms with Crippen LogP contribution in [-0.4, -0.2) is 19.4 Å². The molecule has 1 fully saturated rings. The van der Waals surface area contributed by atoms with Crippen LogP contribution in [0, 0.1) is 5.92 Å². The quantitative estimate of drug-likeness (QED) is 0.360. The maximum Gasteiger partial charge on any atom is 0.508 e. The molecule has 92 valence electrons. The smallest absolute Gasteiger partial charge is 0.434 e. The van der Waals surface area contributed by atoms with Crippen molar-refractivity contribution in [3.05, 3.63) is 12.7 Å². The van der Waals surface area contributed by atoms with Gasteiger partial charge in [0.05, 0.1) is 0 Å². The van der Waals surface area contributed by atoms with Crippen molar-refractivity contribution in [2.75, 3.05) is 13.2 Å². The van der Waals surface area contributed by atoms with Crippen LogP contribution in [0.2, 0.25) is 0 Å².